The van der Waals surface area contributed by atoms with Crippen molar-refractivity contribution in [3.05, 3.63) is 106 Å². The number of esters is 1. The van der Waals surface area contributed by atoms with Crippen molar-refractivity contribution in [2.75, 3.05) is 13.7 Å². The zero-order valence-corrected chi connectivity index (χ0v) is 18.9. The largest absolute Gasteiger partial charge is 0.489 e. The molecule has 0 N–H and O–H groups in total. The van der Waals surface area contributed by atoms with Crippen LogP contribution in [0.2, 0.25) is 0 Å². The van der Waals surface area contributed by atoms with Gasteiger partial charge in [0.1, 0.15) is 23.7 Å². The number of benzene rings is 3. The zero-order valence-electron chi connectivity index (χ0n) is 18.9. The van der Waals surface area contributed by atoms with Crippen LogP contribution < -0.4 is 14.9 Å². The zero-order chi connectivity index (χ0) is 25.7. The van der Waals surface area contributed by atoms with Crippen molar-refractivity contribution in [1.29, 1.82) is 0 Å². The number of carbonyl (C=O) groups is 1. The Kier molecular flexibility index (Phi) is 7.10. The Hall–Kier alpha value is -4.53. The quantitative estimate of drug-likeness (QED) is 0.273. The summed E-state index contributed by atoms with van der Waals surface area (Å²) in [5.41, 5.74) is -0.174. The highest BCUT2D eigenvalue weighted by Crippen LogP contribution is 2.38. The topological polar surface area (TPSA) is 75.0 Å². The van der Waals surface area contributed by atoms with Crippen molar-refractivity contribution in [2.45, 2.75) is 6.18 Å². The molecule has 0 spiro atoms. The summed E-state index contributed by atoms with van der Waals surface area (Å²) in [6, 6.07) is 18.6. The van der Waals surface area contributed by atoms with E-state index >= 15 is 0 Å². The second kappa shape index (κ2) is 10.4. The van der Waals surface area contributed by atoms with Gasteiger partial charge in [0.15, 0.2) is 0 Å². The van der Waals surface area contributed by atoms with Gasteiger partial charge in [-0.05, 0) is 48.0 Å². The Morgan fingerprint density at radius 2 is 1.67 bits per heavy atom. The highest BCUT2D eigenvalue weighted by atomic mass is 19.4. The van der Waals surface area contributed by atoms with E-state index in [9.17, 15) is 22.8 Å². The van der Waals surface area contributed by atoms with Gasteiger partial charge >= 0.3 is 12.1 Å². The van der Waals surface area contributed by atoms with Crippen LogP contribution in [0, 0.1) is 0 Å². The summed E-state index contributed by atoms with van der Waals surface area (Å²) < 4.78 is 61.8. The van der Waals surface area contributed by atoms with E-state index in [2.05, 4.69) is 4.74 Å². The maximum Gasteiger partial charge on any atom is 0.453 e. The monoisotopic (exact) mass is 496 g/mol. The second-order valence-corrected chi connectivity index (χ2v) is 7.49. The summed E-state index contributed by atoms with van der Waals surface area (Å²) >= 11 is 0. The van der Waals surface area contributed by atoms with Crippen LogP contribution in [0.3, 0.4) is 0 Å². The van der Waals surface area contributed by atoms with Crippen molar-refractivity contribution in [2.24, 2.45) is 0 Å². The number of hydrogen-bond acceptors (Lipinski definition) is 6. The molecule has 36 heavy (non-hydrogen) atoms. The molecule has 1 aromatic heterocycles. The molecule has 0 aliphatic rings. The standard InChI is InChI=1S/C27H19F3O6/c1-33-26(32)18-9-11-19(12-10-18)35-24-23(31)21-14-13-20(16-22(21)36-25(24)27(28,29)30)34-15-5-8-17-6-3-2-4-7-17/h2-14,16H,15H2,1H3/b8-5+. The fourth-order valence-corrected chi connectivity index (χ4v) is 3.31. The number of fused-ring (bicyclic) bond motifs is 1. The maximum absolute atomic E-state index is 13.8. The van der Waals surface area contributed by atoms with Gasteiger partial charge in [-0.1, -0.05) is 36.4 Å². The molecule has 0 unspecified atom stereocenters. The fraction of sp³-hybridized carbons (Fsp3) is 0.111. The third kappa shape index (κ3) is 5.57. The normalized spacial score (nSPS) is 11.6. The number of ether oxygens (including phenoxy) is 3. The van der Waals surface area contributed by atoms with Gasteiger partial charge in [0.25, 0.3) is 5.76 Å². The number of rotatable bonds is 7. The predicted molar refractivity (Wildman–Crippen MR) is 126 cm³/mol. The molecule has 1 heterocycles. The molecule has 3 aromatic carbocycles. The molecule has 0 amide bonds. The number of halogens is 3. The minimum Gasteiger partial charge on any atom is -0.489 e. The average molecular weight is 496 g/mol. The van der Waals surface area contributed by atoms with Crippen molar-refractivity contribution in [3.63, 3.8) is 0 Å². The molecule has 0 fully saturated rings. The van der Waals surface area contributed by atoms with E-state index in [4.69, 9.17) is 13.9 Å². The summed E-state index contributed by atoms with van der Waals surface area (Å²) in [5, 5.41) is -0.114. The van der Waals surface area contributed by atoms with Gasteiger partial charge in [-0.15, -0.1) is 0 Å². The van der Waals surface area contributed by atoms with Crippen molar-refractivity contribution >= 4 is 23.0 Å². The predicted octanol–water partition coefficient (Wildman–Crippen LogP) is 6.48. The molecule has 9 heteroatoms. The van der Waals surface area contributed by atoms with Crippen LogP contribution in [-0.4, -0.2) is 19.7 Å². The number of carbonyl (C=O) groups excluding carboxylic acids is 1. The van der Waals surface area contributed by atoms with Gasteiger partial charge in [0, 0.05) is 6.07 Å². The van der Waals surface area contributed by atoms with Crippen LogP contribution in [0.5, 0.6) is 17.2 Å². The molecule has 6 nitrogen and oxygen atoms in total. The first-order valence-electron chi connectivity index (χ1n) is 10.6. The number of hydrogen-bond donors (Lipinski definition) is 0. The lowest BCUT2D eigenvalue weighted by Gasteiger charge is -2.14. The van der Waals surface area contributed by atoms with Crippen LogP contribution in [0.1, 0.15) is 21.7 Å². The van der Waals surface area contributed by atoms with E-state index in [1.807, 2.05) is 36.4 Å². The highest BCUT2D eigenvalue weighted by molar-refractivity contribution is 5.89. The van der Waals surface area contributed by atoms with Gasteiger partial charge in [0.2, 0.25) is 11.2 Å². The molecular weight excluding hydrogens is 477 g/mol. The minimum absolute atomic E-state index is 0.0926. The van der Waals surface area contributed by atoms with E-state index in [1.54, 1.807) is 6.08 Å². The molecule has 0 bridgehead atoms. The van der Waals surface area contributed by atoms with Crippen LogP contribution >= 0.6 is 0 Å². The van der Waals surface area contributed by atoms with Crippen LogP contribution in [-0.2, 0) is 10.9 Å². The summed E-state index contributed by atoms with van der Waals surface area (Å²) in [6.45, 7) is 0.152. The molecule has 184 valence electrons. The molecule has 4 rings (SSSR count). The van der Waals surface area contributed by atoms with E-state index in [0.717, 1.165) is 5.56 Å². The first-order valence-corrected chi connectivity index (χ1v) is 10.6. The fourth-order valence-electron chi connectivity index (χ4n) is 3.31. The van der Waals surface area contributed by atoms with Gasteiger partial charge in [-0.3, -0.25) is 4.79 Å². The van der Waals surface area contributed by atoms with Gasteiger partial charge in [-0.2, -0.15) is 13.2 Å². The molecule has 0 aliphatic carbocycles. The summed E-state index contributed by atoms with van der Waals surface area (Å²) in [6.07, 6.45) is -1.42. The third-order valence-electron chi connectivity index (χ3n) is 5.03. The Labute approximate surface area is 203 Å². The van der Waals surface area contributed by atoms with Crippen molar-refractivity contribution in [3.8, 4) is 17.2 Å². The Morgan fingerprint density at radius 1 is 0.972 bits per heavy atom. The SMILES string of the molecule is COC(=O)c1ccc(Oc2c(C(F)(F)F)oc3cc(OC/C=C/c4ccccc4)ccc3c2=O)cc1. The summed E-state index contributed by atoms with van der Waals surface area (Å²) in [7, 11) is 1.19. The van der Waals surface area contributed by atoms with Gasteiger partial charge in [0.05, 0.1) is 18.1 Å². The van der Waals surface area contributed by atoms with Crippen molar-refractivity contribution < 1.29 is 36.6 Å². The number of methoxy groups -OCH3 is 1. The van der Waals surface area contributed by atoms with E-state index in [-0.39, 0.29) is 34.6 Å². The first-order chi connectivity index (χ1) is 17.3. The van der Waals surface area contributed by atoms with Crippen LogP contribution in [0.15, 0.2) is 88.1 Å². The second-order valence-electron chi connectivity index (χ2n) is 7.49. The maximum atomic E-state index is 13.8. The lowest BCUT2D eigenvalue weighted by molar-refractivity contribution is -0.154. The molecular formula is C27H19F3O6. The van der Waals surface area contributed by atoms with Crippen LogP contribution in [0.4, 0.5) is 13.2 Å². The van der Waals surface area contributed by atoms with Crippen LogP contribution in [0.25, 0.3) is 17.0 Å². The average Bonchev–Trinajstić information content (AvgIpc) is 2.88. The molecule has 0 atom stereocenters. The molecule has 0 radical (unpaired) electrons. The Bertz CT molecular complexity index is 1460. The summed E-state index contributed by atoms with van der Waals surface area (Å²) in [5.74, 6) is -3.09. The number of alkyl halides is 3. The molecule has 0 aliphatic heterocycles. The van der Waals surface area contributed by atoms with E-state index in [1.165, 1.54) is 49.6 Å². The minimum atomic E-state index is -5.01. The van der Waals surface area contributed by atoms with Gasteiger partial charge in [-0.25, -0.2) is 4.79 Å². The third-order valence-corrected chi connectivity index (χ3v) is 5.03. The lowest BCUT2D eigenvalue weighted by atomic mass is 10.2. The first kappa shape index (κ1) is 24.6. The smallest absolute Gasteiger partial charge is 0.453 e. The Morgan fingerprint density at radius 3 is 2.33 bits per heavy atom. The Balaban J connectivity index is 1.62. The van der Waals surface area contributed by atoms with E-state index in [0.29, 0.717) is 0 Å². The molecule has 0 saturated carbocycles. The van der Waals surface area contributed by atoms with Gasteiger partial charge < -0.3 is 18.6 Å². The van der Waals surface area contributed by atoms with Crippen molar-refractivity contribution in [1.82, 2.24) is 0 Å². The molecule has 4 aromatic rings. The van der Waals surface area contributed by atoms with E-state index < -0.39 is 29.1 Å². The molecule has 0 saturated heterocycles. The lowest BCUT2D eigenvalue weighted by Crippen LogP contribution is -2.15. The summed E-state index contributed by atoms with van der Waals surface area (Å²) in [4.78, 5) is 24.5. The highest BCUT2D eigenvalue weighted by Gasteiger charge is 2.40.